The molecule has 0 atom stereocenters. The van der Waals surface area contributed by atoms with E-state index in [1.54, 1.807) is 0 Å². The lowest BCUT2D eigenvalue weighted by Crippen LogP contribution is -2.01. The van der Waals surface area contributed by atoms with E-state index in [1.165, 1.54) is 31.3 Å². The highest BCUT2D eigenvalue weighted by Gasteiger charge is 2.10. The van der Waals surface area contributed by atoms with Crippen molar-refractivity contribution in [1.29, 1.82) is 0 Å². The Labute approximate surface area is 168 Å². The van der Waals surface area contributed by atoms with Crippen LogP contribution in [0.3, 0.4) is 0 Å². The first kappa shape index (κ1) is 16.4. The van der Waals surface area contributed by atoms with Crippen molar-refractivity contribution in [2.45, 2.75) is 0 Å². The molecule has 0 N–H and O–H groups in total. The van der Waals surface area contributed by atoms with Gasteiger partial charge in [0.2, 0.25) is 0 Å². The molecule has 130 valence electrons. The largest absolute Gasteiger partial charge is 0.287 e. The zero-order valence-corrected chi connectivity index (χ0v) is 16.3. The monoisotopic (exact) mass is 383 g/mol. The van der Waals surface area contributed by atoms with Crippen molar-refractivity contribution >= 4 is 55.7 Å². The molecular weight excluding hydrogens is 366 g/mol. The van der Waals surface area contributed by atoms with E-state index in [0.29, 0.717) is 0 Å². The number of nitrogens with zero attached hydrogens (tertiary/aromatic N) is 1. The van der Waals surface area contributed by atoms with Gasteiger partial charge in [-0.05, 0) is 47.5 Å². The molecule has 0 aliphatic carbocycles. The molecule has 0 aliphatic heterocycles. The lowest BCUT2D eigenvalue weighted by atomic mass is 10.1. The molecule has 3 heteroatoms. The number of fused-ring (bicyclic) bond motifs is 3. The first-order valence-electron chi connectivity index (χ1n) is 8.85. The van der Waals surface area contributed by atoms with Crippen LogP contribution in [0.1, 0.15) is 0 Å². The molecule has 1 nitrogen and oxygen atoms in total. The normalized spacial score (nSPS) is 11.1. The Bertz CT molecular complexity index is 1220. The van der Waals surface area contributed by atoms with Crippen LogP contribution in [0, 0.1) is 0 Å². The highest BCUT2D eigenvalue weighted by Crippen LogP contribution is 2.38. The second-order valence-corrected chi connectivity index (χ2v) is 7.99. The minimum Gasteiger partial charge on any atom is -0.287 e. The van der Waals surface area contributed by atoms with E-state index in [1.807, 2.05) is 21.7 Å². The number of thiol groups is 1. The molecule has 0 radical (unpaired) electrons. The molecule has 0 unspecified atom stereocenters. The SMILES string of the molecule is SN(c1ccc(-c2ccccc2)cc1)c1ccc2sc3ccccc3c2c1. The van der Waals surface area contributed by atoms with E-state index < -0.39 is 0 Å². The fourth-order valence-corrected chi connectivity index (χ4v) is 4.76. The Morgan fingerprint density at radius 2 is 1.19 bits per heavy atom. The first-order valence-corrected chi connectivity index (χ1v) is 10.1. The van der Waals surface area contributed by atoms with Crippen molar-refractivity contribution in [1.82, 2.24) is 0 Å². The van der Waals surface area contributed by atoms with E-state index in [0.717, 1.165) is 11.4 Å². The zero-order valence-electron chi connectivity index (χ0n) is 14.5. The molecular formula is C24H17NS2. The van der Waals surface area contributed by atoms with Crippen LogP contribution in [-0.2, 0) is 0 Å². The highest BCUT2D eigenvalue weighted by molar-refractivity contribution is 7.82. The summed E-state index contributed by atoms with van der Waals surface area (Å²) in [4.78, 5) is 0. The van der Waals surface area contributed by atoms with E-state index in [4.69, 9.17) is 12.8 Å². The Hall–Kier alpha value is -2.75. The van der Waals surface area contributed by atoms with Crippen LogP contribution in [0.15, 0.2) is 97.1 Å². The number of rotatable bonds is 3. The Morgan fingerprint density at radius 3 is 2.00 bits per heavy atom. The summed E-state index contributed by atoms with van der Waals surface area (Å²) in [6.07, 6.45) is 0. The molecule has 0 spiro atoms. The summed E-state index contributed by atoms with van der Waals surface area (Å²) in [5.41, 5.74) is 4.56. The van der Waals surface area contributed by atoms with Crippen LogP contribution >= 0.6 is 24.2 Å². The zero-order chi connectivity index (χ0) is 18.2. The van der Waals surface area contributed by atoms with Crippen LogP contribution in [0.5, 0.6) is 0 Å². The minimum atomic E-state index is 1.05. The maximum atomic E-state index is 4.77. The van der Waals surface area contributed by atoms with Crippen molar-refractivity contribution in [3.8, 4) is 11.1 Å². The van der Waals surface area contributed by atoms with E-state index in [9.17, 15) is 0 Å². The van der Waals surface area contributed by atoms with Gasteiger partial charge in [0, 0.05) is 20.2 Å². The van der Waals surface area contributed by atoms with Gasteiger partial charge in [-0.2, -0.15) is 0 Å². The summed E-state index contributed by atoms with van der Waals surface area (Å²) < 4.78 is 4.57. The van der Waals surface area contributed by atoms with Gasteiger partial charge in [0.05, 0.1) is 11.4 Å². The van der Waals surface area contributed by atoms with Gasteiger partial charge in [-0.15, -0.1) is 11.3 Å². The third kappa shape index (κ3) is 2.99. The van der Waals surface area contributed by atoms with Gasteiger partial charge in [0.15, 0.2) is 0 Å². The number of benzene rings is 4. The maximum Gasteiger partial charge on any atom is 0.0530 e. The molecule has 0 fully saturated rings. The molecule has 5 rings (SSSR count). The molecule has 0 amide bonds. The van der Waals surface area contributed by atoms with Gasteiger partial charge in [-0.1, -0.05) is 73.5 Å². The van der Waals surface area contributed by atoms with Gasteiger partial charge < -0.3 is 0 Å². The van der Waals surface area contributed by atoms with Crippen LogP contribution < -0.4 is 4.31 Å². The van der Waals surface area contributed by atoms with E-state index in [-0.39, 0.29) is 0 Å². The van der Waals surface area contributed by atoms with Crippen molar-refractivity contribution in [3.63, 3.8) is 0 Å². The maximum absolute atomic E-state index is 4.77. The number of hydrogen-bond acceptors (Lipinski definition) is 3. The van der Waals surface area contributed by atoms with Gasteiger partial charge in [0.25, 0.3) is 0 Å². The molecule has 0 saturated heterocycles. The Kier molecular flexibility index (Phi) is 4.12. The third-order valence-corrected chi connectivity index (χ3v) is 6.44. The summed E-state index contributed by atoms with van der Waals surface area (Å²) in [5, 5.41) is 2.59. The lowest BCUT2D eigenvalue weighted by Gasteiger charge is -2.18. The second-order valence-electron chi connectivity index (χ2n) is 6.50. The van der Waals surface area contributed by atoms with Crippen LogP contribution in [0.4, 0.5) is 11.4 Å². The first-order chi connectivity index (χ1) is 13.3. The van der Waals surface area contributed by atoms with E-state index in [2.05, 4.69) is 91.0 Å². The molecule has 5 aromatic rings. The lowest BCUT2D eigenvalue weighted by molar-refractivity contribution is 1.45. The molecule has 1 heterocycles. The molecule has 1 aromatic heterocycles. The molecule has 0 aliphatic rings. The summed E-state index contributed by atoms with van der Waals surface area (Å²) >= 11 is 6.60. The van der Waals surface area contributed by atoms with Gasteiger partial charge in [0.1, 0.15) is 0 Å². The third-order valence-electron chi connectivity index (χ3n) is 4.82. The summed E-state index contributed by atoms with van der Waals surface area (Å²) in [6.45, 7) is 0. The molecule has 4 aromatic carbocycles. The predicted molar refractivity (Wildman–Crippen MR) is 122 cm³/mol. The van der Waals surface area contributed by atoms with Crippen molar-refractivity contribution in [2.75, 3.05) is 4.31 Å². The molecule has 0 bridgehead atoms. The van der Waals surface area contributed by atoms with Crippen molar-refractivity contribution < 1.29 is 0 Å². The van der Waals surface area contributed by atoms with Gasteiger partial charge in [-0.3, -0.25) is 4.31 Å². The fraction of sp³-hybridized carbons (Fsp3) is 0. The van der Waals surface area contributed by atoms with Crippen molar-refractivity contribution in [2.24, 2.45) is 0 Å². The predicted octanol–water partition coefficient (Wildman–Crippen LogP) is 7.70. The quantitative estimate of drug-likeness (QED) is 0.312. The van der Waals surface area contributed by atoms with Crippen LogP contribution in [0.2, 0.25) is 0 Å². The summed E-state index contributed by atoms with van der Waals surface area (Å²) in [6, 6.07) is 34.1. The standard InChI is InChI=1S/C24H17NS2/c26-25(19-12-10-18(11-13-19)17-6-2-1-3-7-17)20-14-15-24-22(16-20)21-8-4-5-9-23(21)27-24/h1-16,26H. The highest BCUT2D eigenvalue weighted by atomic mass is 32.1. The fourth-order valence-electron chi connectivity index (χ4n) is 3.42. The molecule has 0 saturated carbocycles. The van der Waals surface area contributed by atoms with Gasteiger partial charge in [-0.25, -0.2) is 0 Å². The topological polar surface area (TPSA) is 3.24 Å². The Morgan fingerprint density at radius 1 is 0.556 bits per heavy atom. The summed E-state index contributed by atoms with van der Waals surface area (Å²) in [7, 11) is 0. The number of thiophene rings is 1. The second kappa shape index (κ2) is 6.76. The number of anilines is 2. The average Bonchev–Trinajstić information content (AvgIpc) is 3.12. The number of hydrogen-bond donors (Lipinski definition) is 1. The van der Waals surface area contributed by atoms with E-state index >= 15 is 0 Å². The molecule has 27 heavy (non-hydrogen) atoms. The smallest absolute Gasteiger partial charge is 0.0530 e. The van der Waals surface area contributed by atoms with Crippen LogP contribution in [0.25, 0.3) is 31.3 Å². The average molecular weight is 384 g/mol. The minimum absolute atomic E-state index is 1.05. The Balaban J connectivity index is 1.51. The van der Waals surface area contributed by atoms with Gasteiger partial charge >= 0.3 is 0 Å². The van der Waals surface area contributed by atoms with Crippen molar-refractivity contribution in [3.05, 3.63) is 97.1 Å². The van der Waals surface area contributed by atoms with Crippen LogP contribution in [-0.4, -0.2) is 0 Å². The summed E-state index contributed by atoms with van der Waals surface area (Å²) in [5.74, 6) is 0.